The van der Waals surface area contributed by atoms with Gasteiger partial charge in [0, 0.05) is 18.5 Å². The van der Waals surface area contributed by atoms with Crippen LogP contribution in [0.4, 0.5) is 0 Å². The maximum Gasteiger partial charge on any atom is 0.273 e. The van der Waals surface area contributed by atoms with Crippen LogP contribution < -0.4 is 0 Å². The number of aliphatic hydroxyl groups is 1. The summed E-state index contributed by atoms with van der Waals surface area (Å²) in [5.74, 6) is -0.0905. The molecule has 80 valence electrons. The number of aromatic nitrogens is 1. The van der Waals surface area contributed by atoms with E-state index in [0.29, 0.717) is 18.8 Å². The monoisotopic (exact) mass is 224 g/mol. The van der Waals surface area contributed by atoms with Crippen molar-refractivity contribution in [2.75, 3.05) is 13.1 Å². The van der Waals surface area contributed by atoms with E-state index in [1.165, 1.54) is 11.3 Å². The first-order valence-corrected chi connectivity index (χ1v) is 5.64. The number of nitrogens with zero attached hydrogens (tertiary/aromatic N) is 2. The second kappa shape index (κ2) is 4.12. The number of allylic oxidation sites excluding steroid dienone is 1. The van der Waals surface area contributed by atoms with Crippen LogP contribution in [0.3, 0.4) is 0 Å². The van der Waals surface area contributed by atoms with Gasteiger partial charge in [0.1, 0.15) is 10.7 Å². The summed E-state index contributed by atoms with van der Waals surface area (Å²) in [7, 11) is 0. The molecule has 1 aromatic heterocycles. The van der Waals surface area contributed by atoms with Gasteiger partial charge < -0.3 is 10.0 Å². The fraction of sp³-hybridized carbons (Fsp3) is 0.400. The van der Waals surface area contributed by atoms with E-state index in [2.05, 4.69) is 4.98 Å². The number of thiazole rings is 1. The molecule has 0 bridgehead atoms. The van der Waals surface area contributed by atoms with E-state index in [1.54, 1.807) is 10.3 Å². The quantitative estimate of drug-likeness (QED) is 0.815. The second-order valence-corrected chi connectivity index (χ2v) is 4.32. The van der Waals surface area contributed by atoms with Crippen LogP contribution in [0.15, 0.2) is 11.5 Å². The Bertz CT molecular complexity index is 394. The molecular formula is C10H12N2O2S. The fourth-order valence-electron chi connectivity index (χ4n) is 1.39. The topological polar surface area (TPSA) is 53.4 Å². The van der Waals surface area contributed by atoms with E-state index >= 15 is 0 Å². The molecule has 0 atom stereocenters. The minimum absolute atomic E-state index is 0.0905. The lowest BCUT2D eigenvalue weighted by Gasteiger charge is -2.35. The predicted molar refractivity (Wildman–Crippen MR) is 58.7 cm³/mol. The Morgan fingerprint density at radius 1 is 1.73 bits per heavy atom. The van der Waals surface area contributed by atoms with Crippen LogP contribution in [0.25, 0.3) is 6.08 Å². The van der Waals surface area contributed by atoms with Crippen LogP contribution in [0.5, 0.6) is 0 Å². The van der Waals surface area contributed by atoms with Gasteiger partial charge in [-0.05, 0) is 13.0 Å². The number of carbonyl (C=O) groups is 1. The van der Waals surface area contributed by atoms with Gasteiger partial charge in [0.25, 0.3) is 5.91 Å². The molecule has 5 heteroatoms. The summed E-state index contributed by atoms with van der Waals surface area (Å²) in [5, 5.41) is 11.7. The highest BCUT2D eigenvalue weighted by Crippen LogP contribution is 2.16. The zero-order valence-corrected chi connectivity index (χ0v) is 9.20. The van der Waals surface area contributed by atoms with Crippen molar-refractivity contribution in [3.63, 3.8) is 0 Å². The molecule has 0 saturated carbocycles. The molecule has 0 spiro atoms. The maximum absolute atomic E-state index is 11.7. The van der Waals surface area contributed by atoms with Crippen LogP contribution in [-0.4, -0.2) is 40.1 Å². The molecule has 0 aliphatic carbocycles. The summed E-state index contributed by atoms with van der Waals surface area (Å²) in [5.41, 5.74) is 0.472. The van der Waals surface area contributed by atoms with Gasteiger partial charge >= 0.3 is 0 Å². The molecule has 15 heavy (non-hydrogen) atoms. The number of β-amino-alcohol motifs (C(OH)–C–C–N with tert-alkyl or cyclic N) is 1. The molecule has 2 heterocycles. The van der Waals surface area contributed by atoms with Crippen molar-refractivity contribution in [2.24, 2.45) is 0 Å². The Morgan fingerprint density at radius 3 is 3.07 bits per heavy atom. The van der Waals surface area contributed by atoms with Crippen molar-refractivity contribution in [3.8, 4) is 0 Å². The average Bonchev–Trinajstić information content (AvgIpc) is 2.61. The van der Waals surface area contributed by atoms with E-state index in [4.69, 9.17) is 5.11 Å². The molecule has 1 amide bonds. The summed E-state index contributed by atoms with van der Waals surface area (Å²) >= 11 is 1.45. The van der Waals surface area contributed by atoms with Crippen molar-refractivity contribution in [2.45, 2.75) is 13.0 Å². The molecule has 1 fully saturated rings. The average molecular weight is 224 g/mol. The smallest absolute Gasteiger partial charge is 0.273 e. The molecule has 2 rings (SSSR count). The van der Waals surface area contributed by atoms with E-state index in [-0.39, 0.29) is 12.0 Å². The minimum Gasteiger partial charge on any atom is -0.389 e. The van der Waals surface area contributed by atoms with Gasteiger partial charge in [0.05, 0.1) is 6.10 Å². The third kappa shape index (κ3) is 2.08. The zero-order valence-electron chi connectivity index (χ0n) is 8.38. The number of rotatable bonds is 2. The normalized spacial score (nSPS) is 17.1. The molecule has 1 aliphatic heterocycles. The van der Waals surface area contributed by atoms with Gasteiger partial charge in [0.15, 0.2) is 0 Å². The van der Waals surface area contributed by atoms with E-state index < -0.39 is 0 Å². The zero-order chi connectivity index (χ0) is 10.8. The first-order chi connectivity index (χ1) is 7.20. The van der Waals surface area contributed by atoms with Gasteiger partial charge in [-0.15, -0.1) is 11.3 Å². The highest BCUT2D eigenvalue weighted by atomic mass is 32.1. The highest BCUT2D eigenvalue weighted by molar-refractivity contribution is 7.10. The summed E-state index contributed by atoms with van der Waals surface area (Å²) in [6.45, 7) is 2.76. The Morgan fingerprint density at radius 2 is 2.47 bits per heavy atom. The molecule has 0 aromatic carbocycles. The molecule has 4 nitrogen and oxygen atoms in total. The van der Waals surface area contributed by atoms with Crippen LogP contribution in [0.2, 0.25) is 0 Å². The predicted octanol–water partition coefficient (Wildman–Crippen LogP) is 0.993. The Hall–Kier alpha value is -1.20. The van der Waals surface area contributed by atoms with Crippen molar-refractivity contribution in [3.05, 3.63) is 22.2 Å². The summed E-state index contributed by atoms with van der Waals surface area (Å²) in [4.78, 5) is 17.5. The third-order valence-corrected chi connectivity index (χ3v) is 3.01. The molecule has 1 N–H and O–H groups in total. The Kier molecular flexibility index (Phi) is 2.83. The summed E-state index contributed by atoms with van der Waals surface area (Å²) in [6.07, 6.45) is 3.40. The SMILES string of the molecule is C/C=C\c1nc(C(=O)N2CC(O)C2)cs1. The number of likely N-dealkylation sites (tertiary alicyclic amines) is 1. The van der Waals surface area contributed by atoms with Gasteiger partial charge in [-0.2, -0.15) is 0 Å². The van der Waals surface area contributed by atoms with Crippen LogP contribution in [0, 0.1) is 0 Å². The number of amides is 1. The number of aliphatic hydroxyl groups excluding tert-OH is 1. The second-order valence-electron chi connectivity index (χ2n) is 3.43. The molecular weight excluding hydrogens is 212 g/mol. The van der Waals surface area contributed by atoms with E-state index in [9.17, 15) is 4.79 Å². The molecule has 1 aromatic rings. The van der Waals surface area contributed by atoms with Gasteiger partial charge in [-0.1, -0.05) is 6.08 Å². The molecule has 1 saturated heterocycles. The minimum atomic E-state index is -0.359. The maximum atomic E-state index is 11.7. The highest BCUT2D eigenvalue weighted by Gasteiger charge is 2.30. The Balaban J connectivity index is 2.06. The van der Waals surface area contributed by atoms with E-state index in [1.807, 2.05) is 19.1 Å². The van der Waals surface area contributed by atoms with Crippen molar-refractivity contribution in [1.29, 1.82) is 0 Å². The standard InChI is InChI=1S/C10H12N2O2S/c1-2-3-9-11-8(6-15-9)10(14)12-4-7(13)5-12/h2-3,6-7,13H,4-5H2,1H3/b3-2-. The third-order valence-electron chi connectivity index (χ3n) is 2.20. The molecule has 1 aliphatic rings. The first kappa shape index (κ1) is 10.3. The summed E-state index contributed by atoms with van der Waals surface area (Å²) < 4.78 is 0. The lowest BCUT2D eigenvalue weighted by atomic mass is 10.1. The van der Waals surface area contributed by atoms with Gasteiger partial charge in [0.2, 0.25) is 0 Å². The first-order valence-electron chi connectivity index (χ1n) is 4.76. The van der Waals surface area contributed by atoms with Gasteiger partial charge in [-0.3, -0.25) is 4.79 Å². The van der Waals surface area contributed by atoms with Crippen LogP contribution >= 0.6 is 11.3 Å². The number of hydrogen-bond donors (Lipinski definition) is 1. The Labute approximate surface area is 91.9 Å². The van der Waals surface area contributed by atoms with Crippen LogP contribution in [0.1, 0.15) is 22.4 Å². The van der Waals surface area contributed by atoms with E-state index in [0.717, 1.165) is 5.01 Å². The number of hydrogen-bond acceptors (Lipinski definition) is 4. The van der Waals surface area contributed by atoms with Crippen molar-refractivity contribution in [1.82, 2.24) is 9.88 Å². The summed E-state index contributed by atoms with van der Waals surface area (Å²) in [6, 6.07) is 0. The molecule has 0 radical (unpaired) electrons. The number of carbonyl (C=O) groups excluding carboxylic acids is 1. The fourth-order valence-corrected chi connectivity index (χ4v) is 2.14. The largest absolute Gasteiger partial charge is 0.389 e. The van der Waals surface area contributed by atoms with Crippen LogP contribution in [-0.2, 0) is 0 Å². The van der Waals surface area contributed by atoms with Gasteiger partial charge in [-0.25, -0.2) is 4.98 Å². The lowest BCUT2D eigenvalue weighted by molar-refractivity contribution is 0.00555. The molecule has 0 unspecified atom stereocenters. The van der Waals surface area contributed by atoms with Crippen molar-refractivity contribution < 1.29 is 9.90 Å². The lowest BCUT2D eigenvalue weighted by Crippen LogP contribution is -2.53. The van der Waals surface area contributed by atoms with Crippen molar-refractivity contribution >= 4 is 23.3 Å².